The molecule has 3 N–H and O–H groups in total. The Morgan fingerprint density at radius 3 is 2.88 bits per heavy atom. The van der Waals surface area contributed by atoms with Gasteiger partial charge in [0.15, 0.2) is 0 Å². The summed E-state index contributed by atoms with van der Waals surface area (Å²) in [6.07, 6.45) is 1.60. The van der Waals surface area contributed by atoms with Crippen LogP contribution in [-0.2, 0) is 0 Å². The molecular weight excluding hydrogens is 224 g/mol. The van der Waals surface area contributed by atoms with Crippen molar-refractivity contribution >= 4 is 29.1 Å². The molecule has 5 heteroatoms. The highest BCUT2D eigenvalue weighted by atomic mass is 35.5. The van der Waals surface area contributed by atoms with Crippen molar-refractivity contribution in [3.8, 4) is 0 Å². The van der Waals surface area contributed by atoms with Gasteiger partial charge in [-0.15, -0.1) is 0 Å². The number of anilines is 3. The highest BCUT2D eigenvalue weighted by Crippen LogP contribution is 2.23. The molecule has 0 saturated heterocycles. The highest BCUT2D eigenvalue weighted by molar-refractivity contribution is 6.30. The van der Waals surface area contributed by atoms with E-state index in [0.29, 0.717) is 10.8 Å². The number of aromatic nitrogens is 2. The summed E-state index contributed by atoms with van der Waals surface area (Å²) in [5, 5.41) is 3.81. The third-order valence-corrected chi connectivity index (χ3v) is 2.37. The van der Waals surface area contributed by atoms with Crippen molar-refractivity contribution in [2.24, 2.45) is 0 Å². The molecule has 0 fully saturated rings. The first-order chi connectivity index (χ1) is 7.65. The summed E-state index contributed by atoms with van der Waals surface area (Å²) in [5.41, 5.74) is 7.48. The Hall–Kier alpha value is -1.81. The van der Waals surface area contributed by atoms with Crippen LogP contribution in [0.25, 0.3) is 0 Å². The molecule has 4 nitrogen and oxygen atoms in total. The summed E-state index contributed by atoms with van der Waals surface area (Å²) in [7, 11) is 0. The summed E-state index contributed by atoms with van der Waals surface area (Å²) >= 11 is 5.92. The summed E-state index contributed by atoms with van der Waals surface area (Å²) in [5.74, 6) is 0.891. The molecule has 82 valence electrons. The van der Waals surface area contributed by atoms with E-state index in [0.717, 1.165) is 11.3 Å². The summed E-state index contributed by atoms with van der Waals surface area (Å²) < 4.78 is 0. The fourth-order valence-electron chi connectivity index (χ4n) is 1.31. The standard InChI is InChI=1S/C11H11ClN4/c1-7-2-3-8(12)6-9(7)15-10-4-5-14-11(13)16-10/h2-6H,1H3,(H3,13,14,15,16). The van der Waals surface area contributed by atoms with Crippen LogP contribution in [0.2, 0.25) is 5.02 Å². The normalized spacial score (nSPS) is 10.1. The van der Waals surface area contributed by atoms with Gasteiger partial charge < -0.3 is 11.1 Å². The number of nitrogens with two attached hydrogens (primary N) is 1. The Morgan fingerprint density at radius 2 is 2.12 bits per heavy atom. The zero-order valence-corrected chi connectivity index (χ0v) is 9.49. The summed E-state index contributed by atoms with van der Waals surface area (Å²) in [6, 6.07) is 7.37. The molecule has 0 atom stereocenters. The zero-order valence-electron chi connectivity index (χ0n) is 8.74. The van der Waals surface area contributed by atoms with E-state index in [1.165, 1.54) is 0 Å². The largest absolute Gasteiger partial charge is 0.368 e. The predicted molar refractivity (Wildman–Crippen MR) is 65.9 cm³/mol. The van der Waals surface area contributed by atoms with Gasteiger partial charge in [0.05, 0.1) is 0 Å². The molecule has 0 aliphatic rings. The number of rotatable bonds is 2. The van der Waals surface area contributed by atoms with Crippen molar-refractivity contribution < 1.29 is 0 Å². The van der Waals surface area contributed by atoms with Crippen molar-refractivity contribution in [3.63, 3.8) is 0 Å². The van der Waals surface area contributed by atoms with Gasteiger partial charge in [0.2, 0.25) is 5.95 Å². The van der Waals surface area contributed by atoms with Crippen LogP contribution < -0.4 is 11.1 Å². The maximum atomic E-state index is 5.92. The third-order valence-electron chi connectivity index (χ3n) is 2.14. The van der Waals surface area contributed by atoms with Crippen LogP contribution in [0.3, 0.4) is 0 Å². The molecule has 0 aliphatic carbocycles. The Kier molecular flexibility index (Phi) is 2.92. The molecule has 0 saturated carbocycles. The second-order valence-electron chi connectivity index (χ2n) is 3.38. The van der Waals surface area contributed by atoms with E-state index >= 15 is 0 Å². The van der Waals surface area contributed by atoms with E-state index in [9.17, 15) is 0 Å². The van der Waals surface area contributed by atoms with Crippen molar-refractivity contribution in [1.82, 2.24) is 9.97 Å². The van der Waals surface area contributed by atoms with Gasteiger partial charge >= 0.3 is 0 Å². The number of nitrogen functional groups attached to an aromatic ring is 1. The molecule has 2 aromatic rings. The average Bonchev–Trinajstić information content (AvgIpc) is 2.24. The minimum absolute atomic E-state index is 0.240. The molecule has 0 aliphatic heterocycles. The number of nitrogens with one attached hydrogen (secondary N) is 1. The van der Waals surface area contributed by atoms with Crippen molar-refractivity contribution in [2.75, 3.05) is 11.1 Å². The topological polar surface area (TPSA) is 63.8 Å². The lowest BCUT2D eigenvalue weighted by molar-refractivity contribution is 1.18. The minimum Gasteiger partial charge on any atom is -0.368 e. The fraction of sp³-hybridized carbons (Fsp3) is 0.0909. The SMILES string of the molecule is Cc1ccc(Cl)cc1Nc1ccnc(N)n1. The van der Waals surface area contributed by atoms with Gasteiger partial charge in [0.25, 0.3) is 0 Å². The molecule has 2 rings (SSSR count). The van der Waals surface area contributed by atoms with Crippen LogP contribution in [0.4, 0.5) is 17.5 Å². The fourth-order valence-corrected chi connectivity index (χ4v) is 1.48. The van der Waals surface area contributed by atoms with Gasteiger partial charge in [-0.2, -0.15) is 4.98 Å². The molecule has 1 heterocycles. The maximum absolute atomic E-state index is 5.92. The quantitative estimate of drug-likeness (QED) is 0.839. The van der Waals surface area contributed by atoms with Gasteiger partial charge in [-0.05, 0) is 30.7 Å². The lowest BCUT2D eigenvalue weighted by atomic mass is 10.2. The third kappa shape index (κ3) is 2.41. The van der Waals surface area contributed by atoms with Crippen molar-refractivity contribution in [3.05, 3.63) is 41.0 Å². The van der Waals surface area contributed by atoms with Crippen molar-refractivity contribution in [1.29, 1.82) is 0 Å². The van der Waals surface area contributed by atoms with Gasteiger partial charge in [0, 0.05) is 16.9 Å². The lowest BCUT2D eigenvalue weighted by Crippen LogP contribution is -1.99. The molecular formula is C11H11ClN4. The van der Waals surface area contributed by atoms with Crippen LogP contribution in [0.1, 0.15) is 5.56 Å². The van der Waals surface area contributed by atoms with Crippen molar-refractivity contribution in [2.45, 2.75) is 6.92 Å². The van der Waals surface area contributed by atoms with Gasteiger partial charge in [0.1, 0.15) is 5.82 Å². The molecule has 1 aromatic carbocycles. The number of aryl methyl sites for hydroxylation is 1. The Morgan fingerprint density at radius 1 is 1.31 bits per heavy atom. The first-order valence-electron chi connectivity index (χ1n) is 4.77. The van der Waals surface area contributed by atoms with E-state index in [-0.39, 0.29) is 5.95 Å². The molecule has 0 bridgehead atoms. The van der Waals surface area contributed by atoms with E-state index in [4.69, 9.17) is 17.3 Å². The number of halogens is 1. The average molecular weight is 235 g/mol. The first-order valence-corrected chi connectivity index (χ1v) is 5.14. The molecule has 16 heavy (non-hydrogen) atoms. The van der Waals surface area contributed by atoms with E-state index < -0.39 is 0 Å². The predicted octanol–water partition coefficient (Wildman–Crippen LogP) is 2.76. The Bertz CT molecular complexity index is 513. The van der Waals surface area contributed by atoms with Crippen LogP contribution in [0, 0.1) is 6.92 Å². The second kappa shape index (κ2) is 4.37. The van der Waals surface area contributed by atoms with E-state index in [1.54, 1.807) is 12.3 Å². The zero-order chi connectivity index (χ0) is 11.5. The summed E-state index contributed by atoms with van der Waals surface area (Å²) in [6.45, 7) is 1.99. The van der Waals surface area contributed by atoms with Crippen LogP contribution in [0.5, 0.6) is 0 Å². The van der Waals surface area contributed by atoms with Gasteiger partial charge in [-0.3, -0.25) is 0 Å². The second-order valence-corrected chi connectivity index (χ2v) is 3.82. The van der Waals surface area contributed by atoms with Crippen LogP contribution in [-0.4, -0.2) is 9.97 Å². The van der Waals surface area contributed by atoms with Crippen LogP contribution >= 0.6 is 11.6 Å². The van der Waals surface area contributed by atoms with Crippen LogP contribution in [0.15, 0.2) is 30.5 Å². The summed E-state index contributed by atoms with van der Waals surface area (Å²) in [4.78, 5) is 7.87. The molecule has 1 aromatic heterocycles. The number of nitrogens with zero attached hydrogens (tertiary/aromatic N) is 2. The van der Waals surface area contributed by atoms with Gasteiger partial charge in [-0.1, -0.05) is 17.7 Å². The van der Waals surface area contributed by atoms with E-state index in [2.05, 4.69) is 15.3 Å². The maximum Gasteiger partial charge on any atom is 0.221 e. The molecule has 0 spiro atoms. The lowest BCUT2D eigenvalue weighted by Gasteiger charge is -2.09. The molecule has 0 radical (unpaired) electrons. The smallest absolute Gasteiger partial charge is 0.221 e. The monoisotopic (exact) mass is 234 g/mol. The first kappa shape index (κ1) is 10.7. The number of hydrogen-bond acceptors (Lipinski definition) is 4. The van der Waals surface area contributed by atoms with E-state index in [1.807, 2.05) is 25.1 Å². The Labute approximate surface area is 98.5 Å². The number of benzene rings is 1. The highest BCUT2D eigenvalue weighted by Gasteiger charge is 2.01. The minimum atomic E-state index is 0.240. The molecule has 0 amide bonds. The Balaban J connectivity index is 2.30. The molecule has 0 unspecified atom stereocenters. The number of hydrogen-bond donors (Lipinski definition) is 2. The van der Waals surface area contributed by atoms with Gasteiger partial charge in [-0.25, -0.2) is 4.98 Å².